The van der Waals surface area contributed by atoms with Gasteiger partial charge in [-0.15, -0.1) is 0 Å². The largest absolute Gasteiger partial charge is 0.595 e. The molecule has 21 heavy (non-hydrogen) atoms. The van der Waals surface area contributed by atoms with Crippen molar-refractivity contribution < 1.29 is 18.9 Å². The molecule has 0 saturated heterocycles. The van der Waals surface area contributed by atoms with Gasteiger partial charge < -0.3 is 14.1 Å². The molecular weight excluding hydrogens is 290 g/mol. The van der Waals surface area contributed by atoms with Crippen LogP contribution in [0.15, 0.2) is 30.8 Å². The lowest BCUT2D eigenvalue weighted by atomic mass is 10.1. The summed E-state index contributed by atoms with van der Waals surface area (Å²) in [6, 6.07) is 7.37. The lowest BCUT2D eigenvalue weighted by molar-refractivity contribution is -0.180. The van der Waals surface area contributed by atoms with Gasteiger partial charge in [-0.25, -0.2) is 0 Å². The maximum absolute atomic E-state index is 12.6. The highest BCUT2D eigenvalue weighted by Crippen LogP contribution is 2.39. The second kappa shape index (κ2) is 5.71. The predicted molar refractivity (Wildman–Crippen MR) is 81.4 cm³/mol. The van der Waals surface area contributed by atoms with E-state index >= 15 is 0 Å². The Balaban J connectivity index is 2.32. The third-order valence-corrected chi connectivity index (χ3v) is 4.51. The molecule has 6 heteroatoms. The van der Waals surface area contributed by atoms with Crippen molar-refractivity contribution in [3.05, 3.63) is 36.4 Å². The van der Waals surface area contributed by atoms with Gasteiger partial charge in [0.1, 0.15) is 10.5 Å². The zero-order valence-corrected chi connectivity index (χ0v) is 13.4. The number of fused-ring (bicyclic) bond motifs is 1. The minimum absolute atomic E-state index is 0.556. The Bertz CT molecular complexity index is 567. The van der Waals surface area contributed by atoms with Crippen molar-refractivity contribution in [3.8, 4) is 5.75 Å². The summed E-state index contributed by atoms with van der Waals surface area (Å²) in [7, 11) is 0. The van der Waals surface area contributed by atoms with Crippen LogP contribution < -0.4 is 4.74 Å². The van der Waals surface area contributed by atoms with Crippen molar-refractivity contribution in [3.63, 3.8) is 0 Å². The van der Waals surface area contributed by atoms with E-state index in [-0.39, 0.29) is 0 Å². The van der Waals surface area contributed by atoms with Crippen LogP contribution in [0.5, 0.6) is 5.75 Å². The fraction of sp³-hybridized carbons (Fsp3) is 0.400. The third kappa shape index (κ3) is 3.23. The van der Waals surface area contributed by atoms with Crippen molar-refractivity contribution >= 4 is 22.9 Å². The molecule has 1 aliphatic heterocycles. The second-order valence-electron chi connectivity index (χ2n) is 5.72. The van der Waals surface area contributed by atoms with E-state index in [4.69, 9.17) is 9.57 Å². The summed E-state index contributed by atoms with van der Waals surface area (Å²) in [6.07, 6.45) is -0.786. The van der Waals surface area contributed by atoms with Crippen LogP contribution in [0.3, 0.4) is 0 Å². The summed E-state index contributed by atoms with van der Waals surface area (Å²) >= 11 is -1.59. The molecule has 0 fully saturated rings. The molecule has 2 rings (SSSR count). The number of para-hydroxylation sites is 1. The number of rotatable bonds is 3. The number of carbonyl (C=O) groups is 1. The Kier molecular flexibility index (Phi) is 4.32. The maximum atomic E-state index is 12.6. The second-order valence-corrected chi connectivity index (χ2v) is 7.80. The Labute approximate surface area is 127 Å². The number of hydrogen-bond acceptors (Lipinski definition) is 5. The summed E-state index contributed by atoms with van der Waals surface area (Å²) in [5.74, 6) is 0.0792. The van der Waals surface area contributed by atoms with Crippen molar-refractivity contribution in [2.45, 2.75) is 38.7 Å². The van der Waals surface area contributed by atoms with Crippen LogP contribution in [-0.2, 0) is 21.0 Å². The molecule has 5 nitrogen and oxygen atoms in total. The normalized spacial score (nSPS) is 19.1. The summed E-state index contributed by atoms with van der Waals surface area (Å²) in [5, 5.41) is 0. The Morgan fingerprint density at radius 3 is 2.57 bits per heavy atom. The van der Waals surface area contributed by atoms with Gasteiger partial charge in [0.2, 0.25) is 0 Å². The lowest BCUT2D eigenvalue weighted by Crippen LogP contribution is -2.50. The zero-order chi connectivity index (χ0) is 15.8. The first kappa shape index (κ1) is 15.9. The molecule has 0 bridgehead atoms. The number of hydroxylamine groups is 1. The van der Waals surface area contributed by atoms with Gasteiger partial charge >= 0.3 is 5.97 Å². The number of benzene rings is 1. The van der Waals surface area contributed by atoms with Crippen LogP contribution in [0, 0.1) is 0 Å². The van der Waals surface area contributed by atoms with E-state index in [1.54, 1.807) is 26.8 Å². The highest BCUT2D eigenvalue weighted by atomic mass is 32.2. The highest BCUT2D eigenvalue weighted by Gasteiger charge is 2.46. The van der Waals surface area contributed by atoms with Crippen LogP contribution in [0.1, 0.15) is 33.3 Å². The first-order valence-electron chi connectivity index (χ1n) is 6.56. The molecule has 0 N–H and O–H groups in total. The predicted octanol–water partition coefficient (Wildman–Crippen LogP) is 2.66. The molecule has 1 heterocycles. The molecule has 0 aliphatic carbocycles. The van der Waals surface area contributed by atoms with E-state index in [0.29, 0.717) is 11.3 Å². The van der Waals surface area contributed by atoms with Crippen LogP contribution in [0.25, 0.3) is 5.57 Å². The monoisotopic (exact) mass is 309 g/mol. The fourth-order valence-corrected chi connectivity index (χ4v) is 2.95. The summed E-state index contributed by atoms with van der Waals surface area (Å²) in [4.78, 5) is 16.5. The molecule has 0 saturated carbocycles. The zero-order valence-electron chi connectivity index (χ0n) is 12.6. The minimum Gasteiger partial charge on any atom is -0.595 e. The summed E-state index contributed by atoms with van der Waals surface area (Å²) in [5.41, 5.74) is 1.44. The highest BCUT2D eigenvalue weighted by molar-refractivity contribution is 7.90. The molecule has 0 spiro atoms. The number of hydrogen-bond donors (Lipinski definition) is 0. The average molecular weight is 309 g/mol. The SMILES string of the molecule is C=C1c2ccccc2O[C@@H]1N(OC(C)=O)[S+]([O-])C(C)(C)C. The standard InChI is InChI=1S/C15H19NO4S/c1-10-12-8-6-7-9-13(12)19-14(10)16(20-11(2)17)21(18)15(3,4)5/h6-9,14H,1H2,2-5H3/t14-,21?/m0/s1. The van der Waals surface area contributed by atoms with Gasteiger partial charge in [-0.05, 0) is 26.8 Å². The van der Waals surface area contributed by atoms with E-state index in [9.17, 15) is 9.35 Å². The molecule has 1 aliphatic rings. The van der Waals surface area contributed by atoms with E-state index in [2.05, 4.69) is 6.58 Å². The fourth-order valence-electron chi connectivity index (χ4n) is 1.89. The minimum atomic E-state index is -1.59. The van der Waals surface area contributed by atoms with E-state index in [1.165, 1.54) is 6.92 Å². The molecule has 114 valence electrons. The Morgan fingerprint density at radius 1 is 1.43 bits per heavy atom. The van der Waals surface area contributed by atoms with Crippen molar-refractivity contribution in [2.75, 3.05) is 0 Å². The van der Waals surface area contributed by atoms with Gasteiger partial charge in [0, 0.05) is 18.1 Å². The van der Waals surface area contributed by atoms with Crippen molar-refractivity contribution in [1.82, 2.24) is 4.47 Å². The number of carbonyl (C=O) groups excluding carboxylic acids is 1. The third-order valence-electron chi connectivity index (χ3n) is 2.87. The van der Waals surface area contributed by atoms with Gasteiger partial charge in [0.05, 0.1) is 15.8 Å². The topological polar surface area (TPSA) is 61.8 Å². The van der Waals surface area contributed by atoms with Gasteiger partial charge in [-0.3, -0.25) is 4.79 Å². The van der Waals surface area contributed by atoms with Crippen molar-refractivity contribution in [2.24, 2.45) is 0 Å². The van der Waals surface area contributed by atoms with Crippen LogP contribution in [0.2, 0.25) is 0 Å². The van der Waals surface area contributed by atoms with Gasteiger partial charge in [-0.2, -0.15) is 0 Å². The van der Waals surface area contributed by atoms with Gasteiger partial charge in [0.15, 0.2) is 0 Å². The molecule has 1 unspecified atom stereocenters. The van der Waals surface area contributed by atoms with E-state index in [1.807, 2.05) is 18.2 Å². The van der Waals surface area contributed by atoms with Crippen LogP contribution >= 0.6 is 0 Å². The first-order chi connectivity index (χ1) is 9.71. The average Bonchev–Trinajstić information content (AvgIpc) is 2.72. The van der Waals surface area contributed by atoms with Crippen LogP contribution in [-0.4, -0.2) is 26.0 Å². The molecular formula is C15H19NO4S. The first-order valence-corrected chi connectivity index (χ1v) is 7.67. The molecule has 2 atom stereocenters. The summed E-state index contributed by atoms with van der Waals surface area (Å²) < 4.78 is 18.9. The molecule has 0 aromatic heterocycles. The quantitative estimate of drug-likeness (QED) is 0.634. The molecule has 0 radical (unpaired) electrons. The number of nitrogens with zero attached hydrogens (tertiary/aromatic N) is 1. The smallest absolute Gasteiger partial charge is 0.327 e. The van der Waals surface area contributed by atoms with Gasteiger partial charge in [0.25, 0.3) is 6.23 Å². The molecule has 0 amide bonds. The van der Waals surface area contributed by atoms with E-state index < -0.39 is 28.3 Å². The molecule has 1 aromatic rings. The number of ether oxygens (including phenoxy) is 1. The van der Waals surface area contributed by atoms with E-state index in [0.717, 1.165) is 10.0 Å². The summed E-state index contributed by atoms with van der Waals surface area (Å²) in [6.45, 7) is 10.6. The maximum Gasteiger partial charge on any atom is 0.327 e. The van der Waals surface area contributed by atoms with Gasteiger partial charge in [-0.1, -0.05) is 24.8 Å². The lowest BCUT2D eigenvalue weighted by Gasteiger charge is -2.32. The Morgan fingerprint density at radius 2 is 2.05 bits per heavy atom. The molecule has 1 aromatic carbocycles. The van der Waals surface area contributed by atoms with Crippen molar-refractivity contribution in [1.29, 1.82) is 0 Å². The van der Waals surface area contributed by atoms with Crippen LogP contribution in [0.4, 0.5) is 0 Å². The Hall–Kier alpha value is -1.50.